The molecule has 0 aliphatic carbocycles. The molecule has 92 valence electrons. The first-order valence-corrected chi connectivity index (χ1v) is 7.46. The number of rotatable bonds is 7. The first-order valence-electron chi connectivity index (χ1n) is 6.07. The number of aryl methyl sites for hydroxylation is 2. The van der Waals surface area contributed by atoms with Crippen LogP contribution < -0.4 is 5.73 Å². The Labute approximate surface area is 103 Å². The average Bonchev–Trinajstić information content (AvgIpc) is 2.58. The van der Waals surface area contributed by atoms with Crippen LogP contribution in [-0.4, -0.2) is 21.6 Å². The molecule has 16 heavy (non-hydrogen) atoms. The van der Waals surface area contributed by atoms with E-state index in [4.69, 9.17) is 5.73 Å². The average molecular weight is 241 g/mol. The van der Waals surface area contributed by atoms with E-state index in [9.17, 15) is 0 Å². The number of hydrogen-bond acceptors (Lipinski definition) is 3. The van der Waals surface area contributed by atoms with Gasteiger partial charge in [-0.3, -0.25) is 0 Å². The monoisotopic (exact) mass is 241 g/mol. The maximum Gasteiger partial charge on any atom is 0.126 e. The van der Waals surface area contributed by atoms with Crippen molar-refractivity contribution >= 4 is 17.6 Å². The minimum atomic E-state index is 0.889. The minimum absolute atomic E-state index is 0.889. The van der Waals surface area contributed by atoms with Gasteiger partial charge in [-0.1, -0.05) is 13.8 Å². The van der Waals surface area contributed by atoms with Crippen molar-refractivity contribution in [2.45, 2.75) is 46.1 Å². The summed E-state index contributed by atoms with van der Waals surface area (Å²) in [5, 5.41) is 0. The third kappa shape index (κ3) is 3.17. The fraction of sp³-hybridized carbons (Fsp3) is 0.750. The molecule has 4 heteroatoms. The number of thioether (sulfide) groups is 1. The predicted octanol–water partition coefficient (Wildman–Crippen LogP) is 2.73. The molecule has 0 spiro atoms. The van der Waals surface area contributed by atoms with E-state index in [2.05, 4.69) is 29.7 Å². The summed E-state index contributed by atoms with van der Waals surface area (Å²) >= 11 is 1.88. The fourth-order valence-electron chi connectivity index (χ4n) is 1.88. The highest BCUT2D eigenvalue weighted by Gasteiger charge is 2.12. The Morgan fingerprint density at radius 3 is 2.69 bits per heavy atom. The molecule has 1 aromatic rings. The fourth-order valence-corrected chi connectivity index (χ4v) is 2.31. The number of nitrogens with zero attached hydrogens (tertiary/aromatic N) is 2. The Balaban J connectivity index is 2.77. The number of nitrogens with two attached hydrogens (primary N) is 1. The highest BCUT2D eigenvalue weighted by Crippen LogP contribution is 2.18. The minimum Gasteiger partial charge on any atom is -0.384 e. The van der Waals surface area contributed by atoms with Gasteiger partial charge in [-0.05, 0) is 31.3 Å². The Bertz CT molecular complexity index is 320. The van der Waals surface area contributed by atoms with Gasteiger partial charge >= 0.3 is 0 Å². The third-order valence-electron chi connectivity index (χ3n) is 2.69. The van der Waals surface area contributed by atoms with Gasteiger partial charge in [0, 0.05) is 13.0 Å². The number of aromatic nitrogens is 2. The summed E-state index contributed by atoms with van der Waals surface area (Å²) in [6, 6.07) is 0. The summed E-state index contributed by atoms with van der Waals surface area (Å²) in [7, 11) is 0. The van der Waals surface area contributed by atoms with Crippen molar-refractivity contribution in [1.29, 1.82) is 0 Å². The molecule has 0 aliphatic rings. The summed E-state index contributed by atoms with van der Waals surface area (Å²) in [5.74, 6) is 3.21. The molecule has 1 heterocycles. The predicted molar refractivity (Wildman–Crippen MR) is 73.0 cm³/mol. The number of hydrogen-bond donors (Lipinski definition) is 1. The maximum atomic E-state index is 6.14. The second-order valence-corrected chi connectivity index (χ2v) is 4.95. The lowest BCUT2D eigenvalue weighted by Gasteiger charge is -2.06. The van der Waals surface area contributed by atoms with Crippen LogP contribution in [0.4, 0.5) is 5.82 Å². The molecule has 2 N–H and O–H groups in total. The van der Waals surface area contributed by atoms with Crippen molar-refractivity contribution in [2.24, 2.45) is 0 Å². The highest BCUT2D eigenvalue weighted by atomic mass is 32.2. The molecule has 1 rings (SSSR count). The number of nitrogen functional groups attached to an aromatic ring is 1. The Morgan fingerprint density at radius 2 is 2.12 bits per heavy atom. The lowest BCUT2D eigenvalue weighted by molar-refractivity contribution is 0.650. The zero-order chi connectivity index (χ0) is 12.0. The molecule has 1 aromatic heterocycles. The topological polar surface area (TPSA) is 43.8 Å². The lowest BCUT2D eigenvalue weighted by Crippen LogP contribution is -2.06. The van der Waals surface area contributed by atoms with Crippen LogP contribution in [-0.2, 0) is 19.4 Å². The molecule has 0 fully saturated rings. The van der Waals surface area contributed by atoms with Crippen LogP contribution in [0, 0.1) is 0 Å². The van der Waals surface area contributed by atoms with Crippen molar-refractivity contribution in [3.05, 3.63) is 11.5 Å². The van der Waals surface area contributed by atoms with Crippen molar-refractivity contribution in [3.8, 4) is 0 Å². The summed E-state index contributed by atoms with van der Waals surface area (Å²) in [6.45, 7) is 5.30. The molecule has 0 bridgehead atoms. The van der Waals surface area contributed by atoms with Gasteiger partial charge in [0.05, 0.1) is 5.69 Å². The highest BCUT2D eigenvalue weighted by molar-refractivity contribution is 7.98. The van der Waals surface area contributed by atoms with Gasteiger partial charge in [0.2, 0.25) is 0 Å². The Kier molecular flexibility index (Phi) is 5.74. The van der Waals surface area contributed by atoms with Crippen LogP contribution in [0.25, 0.3) is 0 Å². The quantitative estimate of drug-likeness (QED) is 0.747. The van der Waals surface area contributed by atoms with Gasteiger partial charge in [-0.2, -0.15) is 11.8 Å². The first-order chi connectivity index (χ1) is 7.74. The standard InChI is InChI=1S/C12H23N3S/c1-4-8-15-11(5-2)14-10(12(15)13)7-6-9-16-3/h4-9,13H2,1-3H3. The van der Waals surface area contributed by atoms with Crippen LogP contribution in [0.5, 0.6) is 0 Å². The van der Waals surface area contributed by atoms with Crippen LogP contribution in [0.3, 0.4) is 0 Å². The van der Waals surface area contributed by atoms with Crippen molar-refractivity contribution < 1.29 is 0 Å². The lowest BCUT2D eigenvalue weighted by atomic mass is 10.2. The van der Waals surface area contributed by atoms with Crippen LogP contribution in [0.15, 0.2) is 0 Å². The van der Waals surface area contributed by atoms with E-state index >= 15 is 0 Å². The van der Waals surface area contributed by atoms with Crippen molar-refractivity contribution in [3.63, 3.8) is 0 Å². The molecule has 0 saturated carbocycles. The summed E-state index contributed by atoms with van der Waals surface area (Å²) < 4.78 is 2.18. The summed E-state index contributed by atoms with van der Waals surface area (Å²) in [4.78, 5) is 4.65. The SMILES string of the molecule is CCCn1c(CC)nc(CCCSC)c1N. The van der Waals surface area contributed by atoms with Crippen LogP contribution >= 0.6 is 11.8 Å². The third-order valence-corrected chi connectivity index (χ3v) is 3.38. The smallest absolute Gasteiger partial charge is 0.126 e. The first kappa shape index (κ1) is 13.4. The summed E-state index contributed by atoms with van der Waals surface area (Å²) in [6.07, 6.45) is 6.38. The van der Waals surface area contributed by atoms with Gasteiger partial charge in [0.15, 0.2) is 0 Å². The molecule has 0 atom stereocenters. The van der Waals surface area contributed by atoms with E-state index in [0.29, 0.717) is 0 Å². The second-order valence-electron chi connectivity index (χ2n) is 3.96. The van der Waals surface area contributed by atoms with Gasteiger partial charge in [-0.25, -0.2) is 4.98 Å². The zero-order valence-electron chi connectivity index (χ0n) is 10.6. The number of imidazole rings is 1. The van der Waals surface area contributed by atoms with Crippen molar-refractivity contribution in [2.75, 3.05) is 17.7 Å². The molecular formula is C12H23N3S. The van der Waals surface area contributed by atoms with E-state index in [1.54, 1.807) is 0 Å². The van der Waals surface area contributed by atoms with E-state index in [1.165, 1.54) is 5.75 Å². The maximum absolute atomic E-state index is 6.14. The molecule has 3 nitrogen and oxygen atoms in total. The van der Waals surface area contributed by atoms with Gasteiger partial charge in [-0.15, -0.1) is 0 Å². The largest absolute Gasteiger partial charge is 0.384 e. The van der Waals surface area contributed by atoms with E-state index < -0.39 is 0 Å². The molecule has 0 radical (unpaired) electrons. The van der Waals surface area contributed by atoms with Crippen LogP contribution in [0.2, 0.25) is 0 Å². The molecule has 0 aliphatic heterocycles. The molecular weight excluding hydrogens is 218 g/mol. The molecule has 0 saturated heterocycles. The van der Waals surface area contributed by atoms with E-state index in [1.807, 2.05) is 11.8 Å². The van der Waals surface area contributed by atoms with Crippen LogP contribution in [0.1, 0.15) is 38.2 Å². The Hall–Kier alpha value is -0.640. The molecule has 0 unspecified atom stereocenters. The van der Waals surface area contributed by atoms with Gasteiger partial charge in [0.1, 0.15) is 11.6 Å². The van der Waals surface area contributed by atoms with Crippen molar-refractivity contribution in [1.82, 2.24) is 9.55 Å². The second kappa shape index (κ2) is 6.84. The van der Waals surface area contributed by atoms with Gasteiger partial charge in [0.25, 0.3) is 0 Å². The van der Waals surface area contributed by atoms with E-state index in [-0.39, 0.29) is 0 Å². The normalized spacial score (nSPS) is 10.9. The number of anilines is 1. The summed E-state index contributed by atoms with van der Waals surface area (Å²) in [5.41, 5.74) is 7.24. The molecule has 0 amide bonds. The van der Waals surface area contributed by atoms with E-state index in [0.717, 1.165) is 49.6 Å². The van der Waals surface area contributed by atoms with Gasteiger partial charge < -0.3 is 10.3 Å². The molecule has 0 aromatic carbocycles. The Morgan fingerprint density at radius 1 is 1.38 bits per heavy atom. The zero-order valence-corrected chi connectivity index (χ0v) is 11.4.